The van der Waals surface area contributed by atoms with Gasteiger partial charge in [-0.05, 0) is 73.8 Å². The number of hydrogen-bond donors (Lipinski definition) is 2. The summed E-state index contributed by atoms with van der Waals surface area (Å²) in [6, 6.07) is 5.72. The predicted octanol–water partition coefficient (Wildman–Crippen LogP) is 0.388. The van der Waals surface area contributed by atoms with Crippen molar-refractivity contribution in [1.82, 2.24) is 14.0 Å². The maximum Gasteiger partial charge on any atom is 0.323 e. The number of thiazole rings is 2. The Hall–Kier alpha value is -4.78. The number of anilines is 1. The number of benzene rings is 1. The molecule has 3 aromatic rings. The van der Waals surface area contributed by atoms with Crippen LogP contribution < -0.4 is 25.2 Å². The van der Waals surface area contributed by atoms with E-state index < -0.39 is 91.2 Å². The largest absolute Gasteiger partial charge is 0.748 e. The molecular formula is C34H34N4O14S5-2. The third-order valence-corrected chi connectivity index (χ3v) is 13.0. The molecule has 57 heavy (non-hydrogen) atoms. The maximum atomic E-state index is 14.2. The molecule has 0 atom stereocenters. The van der Waals surface area contributed by atoms with Crippen LogP contribution in [0.3, 0.4) is 0 Å². The first-order chi connectivity index (χ1) is 26.7. The first kappa shape index (κ1) is 43.3. The summed E-state index contributed by atoms with van der Waals surface area (Å²) in [5.74, 6) is -5.84. The number of carbonyl (C=O) groups excluding carboxylic acids is 1. The Kier molecular flexibility index (Phi) is 13.2. The molecule has 0 unspecified atom stereocenters. The van der Waals surface area contributed by atoms with Gasteiger partial charge in [0, 0.05) is 36.8 Å². The van der Waals surface area contributed by atoms with Crippen molar-refractivity contribution < 1.29 is 55.3 Å². The van der Waals surface area contributed by atoms with Crippen LogP contribution >= 0.6 is 34.9 Å². The van der Waals surface area contributed by atoms with E-state index in [0.717, 1.165) is 37.6 Å². The lowest BCUT2D eigenvalue weighted by atomic mass is 10.0. The van der Waals surface area contributed by atoms with Crippen LogP contribution in [0.25, 0.3) is 17.4 Å². The summed E-state index contributed by atoms with van der Waals surface area (Å²) >= 11 is 6.43. The SMILES string of the molecule is CCC(C=C1C=Cc2cc(C)ccc2N1CCCCS(=O)(=O)[O-])=c1s/c(=c2/s/c(=C3/OC(=S)N(CCC(=O)O)C3=O)n(CC(=O)O)c2=O)n(CCS(=O)(=O)[O-])c1=O. The minimum Gasteiger partial charge on any atom is -0.748 e. The van der Waals surface area contributed by atoms with Crippen LogP contribution in [-0.4, -0.2) is 97.8 Å². The number of rotatable bonds is 15. The minimum absolute atomic E-state index is 0.0461. The number of fused-ring (bicyclic) bond motifs is 1. The smallest absolute Gasteiger partial charge is 0.323 e. The number of aromatic nitrogens is 2. The lowest BCUT2D eigenvalue weighted by molar-refractivity contribution is -0.138. The number of amides is 1. The summed E-state index contributed by atoms with van der Waals surface area (Å²) in [6.07, 6.45) is 5.46. The fraction of sp³-hybridized carbons (Fsp3) is 0.353. The number of unbranched alkanes of at least 4 members (excludes halogenated alkanes) is 1. The monoisotopic (exact) mass is 882 g/mol. The fourth-order valence-electron chi connectivity index (χ4n) is 6.00. The average Bonchev–Trinajstić information content (AvgIpc) is 3.71. The van der Waals surface area contributed by atoms with Gasteiger partial charge in [-0.3, -0.25) is 38.0 Å². The molecule has 2 aliphatic rings. The van der Waals surface area contributed by atoms with Crippen LogP contribution in [0.5, 0.6) is 0 Å². The Morgan fingerprint density at radius 3 is 2.21 bits per heavy atom. The van der Waals surface area contributed by atoms with Crippen LogP contribution in [0.1, 0.15) is 43.7 Å². The highest BCUT2D eigenvalue weighted by atomic mass is 32.2. The van der Waals surface area contributed by atoms with Crippen molar-refractivity contribution in [2.45, 2.75) is 52.6 Å². The molecule has 2 N–H and O–H groups in total. The number of thiocarbonyl (C=S) groups is 1. The number of carbonyl (C=O) groups is 3. The zero-order chi connectivity index (χ0) is 42.0. The Morgan fingerprint density at radius 2 is 1.58 bits per heavy atom. The lowest BCUT2D eigenvalue weighted by Gasteiger charge is -2.31. The highest BCUT2D eigenvalue weighted by Gasteiger charge is 2.36. The molecule has 1 saturated heterocycles. The normalized spacial score (nSPS) is 17.3. The molecule has 0 spiro atoms. The Morgan fingerprint density at radius 1 is 0.877 bits per heavy atom. The zero-order valence-corrected chi connectivity index (χ0v) is 34.2. The van der Waals surface area contributed by atoms with Crippen molar-refractivity contribution in [2.24, 2.45) is 0 Å². The van der Waals surface area contributed by atoms with E-state index in [2.05, 4.69) is 0 Å². The van der Waals surface area contributed by atoms with Crippen molar-refractivity contribution in [3.05, 3.63) is 86.3 Å². The molecule has 0 bridgehead atoms. The van der Waals surface area contributed by atoms with Crippen molar-refractivity contribution in [2.75, 3.05) is 29.5 Å². The van der Waals surface area contributed by atoms with Crippen LogP contribution in [0, 0.1) is 16.1 Å². The van der Waals surface area contributed by atoms with Crippen LogP contribution in [0.15, 0.2) is 45.6 Å². The Labute approximate surface area is 337 Å². The number of aliphatic carboxylic acids is 2. The van der Waals surface area contributed by atoms with E-state index in [1.807, 2.05) is 36.1 Å². The van der Waals surface area contributed by atoms with E-state index in [0.29, 0.717) is 33.6 Å². The van der Waals surface area contributed by atoms with E-state index in [9.17, 15) is 55.0 Å². The molecule has 2 aliphatic heterocycles. The second-order valence-electron chi connectivity index (χ2n) is 12.7. The van der Waals surface area contributed by atoms with Gasteiger partial charge in [0.1, 0.15) is 20.4 Å². The van der Waals surface area contributed by atoms with Gasteiger partial charge in [-0.15, -0.1) is 22.7 Å². The predicted molar refractivity (Wildman–Crippen MR) is 210 cm³/mol. The van der Waals surface area contributed by atoms with Crippen molar-refractivity contribution >= 4 is 101 Å². The van der Waals surface area contributed by atoms with Gasteiger partial charge in [0.05, 0.1) is 36.9 Å². The van der Waals surface area contributed by atoms with Gasteiger partial charge in [0.15, 0.2) is 0 Å². The molecule has 1 amide bonds. The van der Waals surface area contributed by atoms with Gasteiger partial charge >= 0.3 is 11.9 Å². The molecule has 1 aromatic carbocycles. The molecular weight excluding hydrogens is 849 g/mol. The topological polar surface area (TPSA) is 266 Å². The van der Waals surface area contributed by atoms with E-state index >= 15 is 0 Å². The summed E-state index contributed by atoms with van der Waals surface area (Å²) in [4.78, 5) is 67.3. The molecule has 18 nitrogen and oxygen atoms in total. The molecule has 5 rings (SSSR count). The van der Waals surface area contributed by atoms with Gasteiger partial charge < -0.3 is 29.0 Å². The number of ether oxygens (including phenoxy) is 1. The van der Waals surface area contributed by atoms with Crippen molar-refractivity contribution in [3.8, 4) is 0 Å². The van der Waals surface area contributed by atoms with Crippen LogP contribution in [-0.2, 0) is 52.4 Å². The van der Waals surface area contributed by atoms with E-state index in [-0.39, 0.29) is 44.3 Å². The summed E-state index contributed by atoms with van der Waals surface area (Å²) in [6.45, 7) is 1.90. The summed E-state index contributed by atoms with van der Waals surface area (Å²) < 4.78 is 75.5. The summed E-state index contributed by atoms with van der Waals surface area (Å²) in [7, 11) is -9.33. The second kappa shape index (κ2) is 17.4. The number of carboxylic acids is 2. The summed E-state index contributed by atoms with van der Waals surface area (Å²) in [5, 5.41) is 18.3. The number of nitrogens with zero attached hydrogens (tertiary/aromatic N) is 4. The minimum atomic E-state index is -4.89. The third kappa shape index (κ3) is 10.2. The Balaban J connectivity index is 1.79. The highest BCUT2D eigenvalue weighted by molar-refractivity contribution is 7.85. The molecule has 0 aliphatic carbocycles. The molecule has 0 saturated carbocycles. The molecule has 23 heteroatoms. The quantitative estimate of drug-likeness (QED) is 0.119. The van der Waals surface area contributed by atoms with Gasteiger partial charge in [0.25, 0.3) is 22.2 Å². The Bertz CT molecular complexity index is 2810. The lowest BCUT2D eigenvalue weighted by Crippen LogP contribution is -2.34. The average molecular weight is 883 g/mol. The zero-order valence-electron chi connectivity index (χ0n) is 30.2. The first-order valence-corrected chi connectivity index (χ1v) is 22.2. The van der Waals surface area contributed by atoms with Crippen molar-refractivity contribution in [3.63, 3.8) is 0 Å². The molecule has 1 fully saturated rings. The first-order valence-electron chi connectivity index (χ1n) is 17.0. The van der Waals surface area contributed by atoms with Gasteiger partial charge in [-0.2, -0.15) is 0 Å². The second-order valence-corrected chi connectivity index (χ2v) is 18.1. The van der Waals surface area contributed by atoms with Crippen LogP contribution in [0.2, 0.25) is 0 Å². The van der Waals surface area contributed by atoms with Gasteiger partial charge in [-0.1, -0.05) is 24.6 Å². The standard InChI is InChI=1S/C34H36N4O14S5/c1-3-20(17-22-8-7-21-16-19(2)6-9-23(21)35(22)11-4-5-14-56(46,47)48)27-30(44)36(13-15-57(49,50)51)33(54-27)28-31(45)38(18-25(41)42)32(55-28)26-29(43)37(34(53)52-26)12-10-24(39)40/h6-9,16-17H,3-5,10-15,18H2,1-2H3,(H,39,40)(H,41,42)(H,46,47,48)(H,49,50,51)/p-2/b22-17?,27-20?,32-26+,33-28+. The summed E-state index contributed by atoms with van der Waals surface area (Å²) in [5.41, 5.74) is 1.85. The van der Waals surface area contributed by atoms with Crippen LogP contribution in [0.4, 0.5) is 5.69 Å². The fourth-order valence-corrected chi connectivity index (χ4v) is 9.73. The van der Waals surface area contributed by atoms with E-state index in [1.54, 1.807) is 19.1 Å². The number of carboxylic acid groups (broad SMARTS) is 2. The third-order valence-electron chi connectivity index (χ3n) is 8.65. The van der Waals surface area contributed by atoms with Gasteiger partial charge in [-0.25, -0.2) is 16.8 Å². The molecule has 306 valence electrons. The number of aryl methyl sites for hydroxylation is 1. The van der Waals surface area contributed by atoms with E-state index in [4.69, 9.17) is 22.1 Å². The number of allylic oxidation sites excluding steroid dienone is 2. The molecule has 2 aromatic heterocycles. The number of hydrogen-bond acceptors (Lipinski definition) is 16. The molecule has 0 radical (unpaired) electrons. The maximum absolute atomic E-state index is 14.2. The molecule has 4 heterocycles. The van der Waals surface area contributed by atoms with E-state index in [1.165, 1.54) is 0 Å². The van der Waals surface area contributed by atoms with Crippen molar-refractivity contribution in [1.29, 1.82) is 0 Å². The van der Waals surface area contributed by atoms with Gasteiger partial charge in [0.2, 0.25) is 5.76 Å². The highest BCUT2D eigenvalue weighted by Crippen LogP contribution is 2.33.